The maximum Gasteiger partial charge on any atom is 0.144 e. The minimum absolute atomic E-state index is 0.00915. The minimum atomic E-state index is -0.349. The Hall–Kier alpha value is -1.39. The SMILES string of the molecule is Cc1cc(CO)ccc1Oc1cc(F)ccc1Br. The Labute approximate surface area is 113 Å². The predicted octanol–water partition coefficient (Wildman–Crippen LogP) is 4.18. The first kappa shape index (κ1) is 13.1. The van der Waals surface area contributed by atoms with E-state index in [0.29, 0.717) is 16.0 Å². The summed E-state index contributed by atoms with van der Waals surface area (Å²) in [6.45, 7) is 1.87. The first-order valence-corrected chi connectivity index (χ1v) is 6.23. The van der Waals surface area contributed by atoms with Crippen molar-refractivity contribution in [3.05, 3.63) is 57.8 Å². The lowest BCUT2D eigenvalue weighted by atomic mass is 10.1. The molecule has 0 aliphatic heterocycles. The second-order valence-electron chi connectivity index (χ2n) is 3.93. The fraction of sp³-hybridized carbons (Fsp3) is 0.143. The van der Waals surface area contributed by atoms with Crippen LogP contribution in [-0.4, -0.2) is 5.11 Å². The molecule has 0 aromatic heterocycles. The van der Waals surface area contributed by atoms with Crippen molar-refractivity contribution in [2.75, 3.05) is 0 Å². The van der Waals surface area contributed by atoms with Crippen molar-refractivity contribution in [3.8, 4) is 11.5 Å². The molecule has 0 saturated heterocycles. The molecule has 0 radical (unpaired) electrons. The quantitative estimate of drug-likeness (QED) is 0.921. The van der Waals surface area contributed by atoms with Gasteiger partial charge in [0, 0.05) is 6.07 Å². The highest BCUT2D eigenvalue weighted by Crippen LogP contribution is 2.32. The normalized spacial score (nSPS) is 10.4. The van der Waals surface area contributed by atoms with Gasteiger partial charge in [0.05, 0.1) is 11.1 Å². The molecule has 18 heavy (non-hydrogen) atoms. The highest BCUT2D eigenvalue weighted by atomic mass is 79.9. The lowest BCUT2D eigenvalue weighted by Gasteiger charge is -2.11. The molecule has 0 aliphatic rings. The third-order valence-electron chi connectivity index (χ3n) is 2.54. The number of halogens is 2. The van der Waals surface area contributed by atoms with E-state index >= 15 is 0 Å². The number of aliphatic hydroxyl groups excluding tert-OH is 1. The summed E-state index contributed by atoms with van der Waals surface area (Å²) in [5.41, 5.74) is 1.70. The van der Waals surface area contributed by atoms with E-state index in [9.17, 15) is 4.39 Å². The van der Waals surface area contributed by atoms with Gasteiger partial charge in [-0.25, -0.2) is 4.39 Å². The van der Waals surface area contributed by atoms with E-state index in [1.165, 1.54) is 12.1 Å². The van der Waals surface area contributed by atoms with Crippen LogP contribution in [-0.2, 0) is 6.61 Å². The van der Waals surface area contributed by atoms with Crippen molar-refractivity contribution >= 4 is 15.9 Å². The van der Waals surface area contributed by atoms with Gasteiger partial charge in [0.1, 0.15) is 17.3 Å². The molecule has 2 aromatic rings. The van der Waals surface area contributed by atoms with Crippen LogP contribution < -0.4 is 4.74 Å². The summed E-state index contributed by atoms with van der Waals surface area (Å²) in [5, 5.41) is 9.03. The summed E-state index contributed by atoms with van der Waals surface area (Å²) in [6, 6.07) is 9.65. The van der Waals surface area contributed by atoms with Gasteiger partial charge in [0.2, 0.25) is 0 Å². The van der Waals surface area contributed by atoms with Crippen molar-refractivity contribution in [2.45, 2.75) is 13.5 Å². The van der Waals surface area contributed by atoms with Gasteiger partial charge in [-0.1, -0.05) is 12.1 Å². The average Bonchev–Trinajstić information content (AvgIpc) is 2.36. The van der Waals surface area contributed by atoms with Crippen LogP contribution in [0, 0.1) is 12.7 Å². The Kier molecular flexibility index (Phi) is 3.99. The van der Waals surface area contributed by atoms with Gasteiger partial charge in [-0.15, -0.1) is 0 Å². The standard InChI is InChI=1S/C14H12BrFO2/c1-9-6-10(8-17)2-5-13(9)18-14-7-11(16)3-4-12(14)15/h2-7,17H,8H2,1H3. The molecule has 0 atom stereocenters. The molecule has 2 nitrogen and oxygen atoms in total. The molecule has 1 N–H and O–H groups in total. The smallest absolute Gasteiger partial charge is 0.144 e. The van der Waals surface area contributed by atoms with Crippen molar-refractivity contribution in [1.29, 1.82) is 0 Å². The Morgan fingerprint density at radius 3 is 2.61 bits per heavy atom. The van der Waals surface area contributed by atoms with Crippen LogP contribution in [0.25, 0.3) is 0 Å². The molecule has 4 heteroatoms. The molecular weight excluding hydrogens is 299 g/mol. The first-order valence-electron chi connectivity index (χ1n) is 5.43. The molecule has 0 fully saturated rings. The van der Waals surface area contributed by atoms with E-state index in [4.69, 9.17) is 9.84 Å². The monoisotopic (exact) mass is 310 g/mol. The molecule has 0 aliphatic carbocycles. The average molecular weight is 311 g/mol. The van der Waals surface area contributed by atoms with Crippen LogP contribution in [0.4, 0.5) is 4.39 Å². The van der Waals surface area contributed by atoms with Gasteiger partial charge in [0.25, 0.3) is 0 Å². The summed E-state index contributed by atoms with van der Waals surface area (Å²) in [4.78, 5) is 0. The fourth-order valence-corrected chi connectivity index (χ4v) is 1.93. The largest absolute Gasteiger partial charge is 0.456 e. The third-order valence-corrected chi connectivity index (χ3v) is 3.19. The topological polar surface area (TPSA) is 29.5 Å². The van der Waals surface area contributed by atoms with Crippen LogP contribution in [0.3, 0.4) is 0 Å². The summed E-state index contributed by atoms with van der Waals surface area (Å²) >= 11 is 3.31. The van der Waals surface area contributed by atoms with Gasteiger partial charge in [-0.3, -0.25) is 0 Å². The minimum Gasteiger partial charge on any atom is -0.456 e. The summed E-state index contributed by atoms with van der Waals surface area (Å²) in [7, 11) is 0. The maximum absolute atomic E-state index is 13.1. The van der Waals surface area contributed by atoms with Crippen molar-refractivity contribution in [2.24, 2.45) is 0 Å². The summed E-state index contributed by atoms with van der Waals surface area (Å²) in [5.74, 6) is 0.714. The van der Waals surface area contributed by atoms with E-state index in [0.717, 1.165) is 11.1 Å². The molecule has 2 rings (SSSR count). The summed E-state index contributed by atoms with van der Waals surface area (Å²) in [6.07, 6.45) is 0. The van der Waals surface area contributed by atoms with Crippen LogP contribution in [0.1, 0.15) is 11.1 Å². The van der Waals surface area contributed by atoms with Gasteiger partial charge >= 0.3 is 0 Å². The van der Waals surface area contributed by atoms with Crippen molar-refractivity contribution in [3.63, 3.8) is 0 Å². The summed E-state index contributed by atoms with van der Waals surface area (Å²) < 4.78 is 19.5. The molecule has 0 spiro atoms. The maximum atomic E-state index is 13.1. The zero-order chi connectivity index (χ0) is 13.1. The highest BCUT2D eigenvalue weighted by Gasteiger charge is 2.07. The van der Waals surface area contributed by atoms with Crippen LogP contribution in [0.5, 0.6) is 11.5 Å². The number of benzene rings is 2. The van der Waals surface area contributed by atoms with Crippen LogP contribution in [0.15, 0.2) is 40.9 Å². The number of aliphatic hydroxyl groups is 1. The Bertz CT molecular complexity index is 570. The molecule has 0 unspecified atom stereocenters. The highest BCUT2D eigenvalue weighted by molar-refractivity contribution is 9.10. The van der Waals surface area contributed by atoms with E-state index in [2.05, 4.69) is 15.9 Å². The van der Waals surface area contributed by atoms with Gasteiger partial charge in [0.15, 0.2) is 0 Å². The Balaban J connectivity index is 2.31. The van der Waals surface area contributed by atoms with E-state index in [1.807, 2.05) is 13.0 Å². The lowest BCUT2D eigenvalue weighted by Crippen LogP contribution is -1.91. The van der Waals surface area contributed by atoms with Gasteiger partial charge < -0.3 is 9.84 Å². The molecule has 0 amide bonds. The van der Waals surface area contributed by atoms with E-state index in [1.54, 1.807) is 18.2 Å². The Morgan fingerprint density at radius 2 is 1.94 bits per heavy atom. The Morgan fingerprint density at radius 1 is 1.17 bits per heavy atom. The second kappa shape index (κ2) is 5.50. The molecule has 0 saturated carbocycles. The van der Waals surface area contributed by atoms with Gasteiger partial charge in [-0.05, 0) is 52.2 Å². The van der Waals surface area contributed by atoms with Crippen LogP contribution in [0.2, 0.25) is 0 Å². The number of ether oxygens (including phenoxy) is 1. The van der Waals surface area contributed by atoms with Crippen molar-refractivity contribution < 1.29 is 14.2 Å². The van der Waals surface area contributed by atoms with E-state index in [-0.39, 0.29) is 12.4 Å². The number of hydrogen-bond donors (Lipinski definition) is 1. The van der Waals surface area contributed by atoms with Gasteiger partial charge in [-0.2, -0.15) is 0 Å². The first-order chi connectivity index (χ1) is 8.60. The number of hydrogen-bond acceptors (Lipinski definition) is 2. The molecule has 94 valence electrons. The van der Waals surface area contributed by atoms with Crippen LogP contribution >= 0.6 is 15.9 Å². The second-order valence-corrected chi connectivity index (χ2v) is 4.79. The molecular formula is C14H12BrFO2. The number of rotatable bonds is 3. The lowest BCUT2D eigenvalue weighted by molar-refractivity contribution is 0.281. The fourth-order valence-electron chi connectivity index (χ4n) is 1.60. The number of aryl methyl sites for hydroxylation is 1. The van der Waals surface area contributed by atoms with Crippen molar-refractivity contribution in [1.82, 2.24) is 0 Å². The zero-order valence-electron chi connectivity index (χ0n) is 9.78. The zero-order valence-corrected chi connectivity index (χ0v) is 11.4. The molecule has 0 bridgehead atoms. The molecule has 0 heterocycles. The third kappa shape index (κ3) is 2.89. The predicted molar refractivity (Wildman–Crippen MR) is 71.3 cm³/mol. The van der Waals surface area contributed by atoms with E-state index < -0.39 is 0 Å². The molecule has 2 aromatic carbocycles.